The molecule has 0 fully saturated rings. The maximum absolute atomic E-state index is 12.1. The third-order valence-corrected chi connectivity index (χ3v) is 3.77. The Morgan fingerprint density at radius 2 is 1.46 bits per heavy atom. The molecule has 0 saturated carbocycles. The highest BCUT2D eigenvalue weighted by molar-refractivity contribution is 5.65. The molecule has 2 N–H and O–H groups in total. The predicted octanol–water partition coefficient (Wildman–Crippen LogP) is 3.39. The van der Waals surface area contributed by atoms with Crippen LogP contribution in [0.5, 0.6) is 11.5 Å². The summed E-state index contributed by atoms with van der Waals surface area (Å²) in [4.78, 5) is 28.5. The van der Waals surface area contributed by atoms with Crippen molar-refractivity contribution in [3.05, 3.63) is 80.6 Å². The van der Waals surface area contributed by atoms with Crippen LogP contribution >= 0.6 is 0 Å². The maximum atomic E-state index is 12.1. The van der Waals surface area contributed by atoms with Gasteiger partial charge in [0.05, 0.1) is 5.56 Å². The van der Waals surface area contributed by atoms with Crippen molar-refractivity contribution < 1.29 is 4.74 Å². The van der Waals surface area contributed by atoms with E-state index in [4.69, 9.17) is 4.74 Å². The Balaban J connectivity index is 1.91. The largest absolute Gasteiger partial charge is 0.457 e. The number of ether oxygens (including phenoxy) is 1. The molecule has 2 aromatic carbocycles. The van der Waals surface area contributed by atoms with Crippen LogP contribution in [0.15, 0.2) is 58.1 Å². The van der Waals surface area contributed by atoms with Gasteiger partial charge < -0.3 is 9.72 Å². The quantitative estimate of drug-likeness (QED) is 0.773. The normalized spacial score (nSPS) is 10.6. The van der Waals surface area contributed by atoms with Crippen LogP contribution in [0.4, 0.5) is 0 Å². The molecule has 0 aliphatic rings. The summed E-state index contributed by atoms with van der Waals surface area (Å²) >= 11 is 0. The molecule has 0 atom stereocenters. The number of aryl methyl sites for hydroxylation is 2. The number of nitrogens with one attached hydrogen (secondary N) is 2. The molecule has 1 aromatic heterocycles. The lowest BCUT2D eigenvalue weighted by molar-refractivity contribution is 0.482. The monoisotopic (exact) mass is 322 g/mol. The summed E-state index contributed by atoms with van der Waals surface area (Å²) in [5.74, 6) is 1.44. The first kappa shape index (κ1) is 15.8. The van der Waals surface area contributed by atoms with Gasteiger partial charge in [-0.05, 0) is 43.2 Å². The molecule has 0 unspecified atom stereocenters. The molecule has 0 radical (unpaired) electrons. The van der Waals surface area contributed by atoms with Gasteiger partial charge in [0.1, 0.15) is 11.5 Å². The zero-order valence-corrected chi connectivity index (χ0v) is 13.6. The second kappa shape index (κ2) is 6.58. The average molecular weight is 322 g/mol. The van der Waals surface area contributed by atoms with Gasteiger partial charge in [0.15, 0.2) is 0 Å². The maximum Gasteiger partial charge on any atom is 0.325 e. The lowest BCUT2D eigenvalue weighted by Crippen LogP contribution is -2.25. The molecule has 5 heteroatoms. The van der Waals surface area contributed by atoms with Gasteiger partial charge in [-0.3, -0.25) is 9.78 Å². The third kappa shape index (κ3) is 3.30. The van der Waals surface area contributed by atoms with Crippen molar-refractivity contribution in [1.29, 1.82) is 0 Å². The fourth-order valence-electron chi connectivity index (χ4n) is 2.54. The Labute approximate surface area is 139 Å². The number of hydrogen-bond donors (Lipinski definition) is 2. The summed E-state index contributed by atoms with van der Waals surface area (Å²) in [5, 5.41) is 0. The van der Waals surface area contributed by atoms with Crippen molar-refractivity contribution in [1.82, 2.24) is 9.97 Å². The fraction of sp³-hybridized carbons (Fsp3) is 0.158. The fourth-order valence-corrected chi connectivity index (χ4v) is 2.54. The van der Waals surface area contributed by atoms with Gasteiger partial charge >= 0.3 is 5.69 Å². The lowest BCUT2D eigenvalue weighted by Gasteiger charge is -2.09. The first-order valence-electron chi connectivity index (χ1n) is 7.77. The number of hydrogen-bond acceptors (Lipinski definition) is 3. The van der Waals surface area contributed by atoms with E-state index in [2.05, 4.69) is 9.97 Å². The second-order valence-corrected chi connectivity index (χ2v) is 5.55. The predicted molar refractivity (Wildman–Crippen MR) is 93.8 cm³/mol. The van der Waals surface area contributed by atoms with Crippen molar-refractivity contribution in [2.45, 2.75) is 20.3 Å². The summed E-state index contributed by atoms with van der Waals surface area (Å²) in [5.41, 5.74) is 2.14. The minimum Gasteiger partial charge on any atom is -0.457 e. The van der Waals surface area contributed by atoms with Crippen LogP contribution < -0.4 is 16.0 Å². The molecule has 5 nitrogen and oxygen atoms in total. The Hall–Kier alpha value is -3.08. The van der Waals surface area contributed by atoms with E-state index in [0.717, 1.165) is 11.3 Å². The molecular weight excluding hydrogens is 304 g/mol. The Morgan fingerprint density at radius 1 is 0.875 bits per heavy atom. The highest BCUT2D eigenvalue weighted by Gasteiger charge is 2.10. The Morgan fingerprint density at radius 3 is 2.04 bits per heavy atom. The first-order valence-corrected chi connectivity index (χ1v) is 7.77. The summed E-state index contributed by atoms with van der Waals surface area (Å²) in [6, 6.07) is 15.0. The van der Waals surface area contributed by atoms with E-state index < -0.39 is 5.69 Å². The molecule has 122 valence electrons. The minimum absolute atomic E-state index is 0.386. The zero-order chi connectivity index (χ0) is 17.1. The minimum atomic E-state index is -0.486. The first-order chi connectivity index (χ1) is 11.6. The topological polar surface area (TPSA) is 75.0 Å². The van der Waals surface area contributed by atoms with Crippen LogP contribution in [0.25, 0.3) is 11.1 Å². The van der Waals surface area contributed by atoms with Crippen LogP contribution in [-0.2, 0) is 6.42 Å². The Kier molecular flexibility index (Phi) is 4.33. The van der Waals surface area contributed by atoms with E-state index in [1.807, 2.05) is 50.2 Å². The molecule has 0 aliphatic heterocycles. The van der Waals surface area contributed by atoms with Crippen LogP contribution in [0.3, 0.4) is 0 Å². The van der Waals surface area contributed by atoms with Gasteiger partial charge in [0.25, 0.3) is 5.56 Å². The van der Waals surface area contributed by atoms with E-state index in [1.165, 1.54) is 5.56 Å². The van der Waals surface area contributed by atoms with Gasteiger partial charge in [-0.15, -0.1) is 0 Å². The van der Waals surface area contributed by atoms with Crippen LogP contribution in [0.1, 0.15) is 18.2 Å². The van der Waals surface area contributed by atoms with Crippen LogP contribution in [0.2, 0.25) is 0 Å². The van der Waals surface area contributed by atoms with Crippen molar-refractivity contribution in [2.75, 3.05) is 0 Å². The van der Waals surface area contributed by atoms with E-state index in [9.17, 15) is 9.59 Å². The van der Waals surface area contributed by atoms with Crippen molar-refractivity contribution in [3.8, 4) is 22.6 Å². The molecule has 3 aromatic rings. The third-order valence-electron chi connectivity index (χ3n) is 3.77. The number of aromatic nitrogens is 2. The second-order valence-electron chi connectivity index (χ2n) is 5.55. The number of rotatable bonds is 4. The van der Waals surface area contributed by atoms with Gasteiger partial charge in [-0.2, -0.15) is 0 Å². The van der Waals surface area contributed by atoms with Gasteiger partial charge in [0.2, 0.25) is 0 Å². The van der Waals surface area contributed by atoms with Gasteiger partial charge in [-0.25, -0.2) is 4.79 Å². The summed E-state index contributed by atoms with van der Waals surface area (Å²) in [7, 11) is 0. The number of aromatic amines is 2. The van der Waals surface area contributed by atoms with Crippen LogP contribution in [-0.4, -0.2) is 9.97 Å². The molecule has 24 heavy (non-hydrogen) atoms. The summed E-state index contributed by atoms with van der Waals surface area (Å²) in [6.45, 7) is 3.91. The van der Waals surface area contributed by atoms with Crippen molar-refractivity contribution >= 4 is 0 Å². The van der Waals surface area contributed by atoms with E-state index in [-0.39, 0.29) is 5.56 Å². The highest BCUT2D eigenvalue weighted by Crippen LogP contribution is 2.25. The van der Waals surface area contributed by atoms with Crippen LogP contribution in [0, 0.1) is 6.92 Å². The molecule has 3 rings (SSSR count). The lowest BCUT2D eigenvalue weighted by atomic mass is 10.0. The molecule has 0 amide bonds. The van der Waals surface area contributed by atoms with Gasteiger partial charge in [0, 0.05) is 5.69 Å². The standard InChI is InChI=1S/C19H18N2O3/c1-3-16-17(18(22)21-19(23)20-16)13-6-10-15(11-7-13)24-14-8-4-12(2)5-9-14/h4-11H,3H2,1-2H3,(H2,20,21,22,23). The van der Waals surface area contributed by atoms with Crippen molar-refractivity contribution in [3.63, 3.8) is 0 Å². The number of benzene rings is 2. The number of H-pyrrole nitrogens is 2. The molecule has 1 heterocycles. The van der Waals surface area contributed by atoms with Crippen molar-refractivity contribution in [2.24, 2.45) is 0 Å². The zero-order valence-electron chi connectivity index (χ0n) is 13.6. The van der Waals surface area contributed by atoms with E-state index >= 15 is 0 Å². The molecule has 0 aliphatic carbocycles. The Bertz CT molecular complexity index is 952. The smallest absolute Gasteiger partial charge is 0.325 e. The molecular formula is C19H18N2O3. The SMILES string of the molecule is CCc1[nH]c(=O)[nH]c(=O)c1-c1ccc(Oc2ccc(C)cc2)cc1. The molecule has 0 spiro atoms. The average Bonchev–Trinajstić information content (AvgIpc) is 2.57. The molecule has 0 saturated heterocycles. The van der Waals surface area contributed by atoms with Gasteiger partial charge in [-0.1, -0.05) is 36.8 Å². The van der Waals surface area contributed by atoms with E-state index in [0.29, 0.717) is 23.4 Å². The summed E-state index contributed by atoms with van der Waals surface area (Å²) < 4.78 is 5.79. The summed E-state index contributed by atoms with van der Waals surface area (Å²) in [6.07, 6.45) is 0.566. The highest BCUT2D eigenvalue weighted by atomic mass is 16.5. The van der Waals surface area contributed by atoms with E-state index in [1.54, 1.807) is 12.1 Å². The molecule has 0 bridgehead atoms.